The Hall–Kier alpha value is -2.04. The predicted octanol–water partition coefficient (Wildman–Crippen LogP) is 2.20. The van der Waals surface area contributed by atoms with Gasteiger partial charge in [-0.05, 0) is 32.4 Å². The summed E-state index contributed by atoms with van der Waals surface area (Å²) in [5.74, 6) is 0.0488. The molecule has 1 aliphatic heterocycles. The Balaban J connectivity index is 1.93. The third kappa shape index (κ3) is 3.97. The van der Waals surface area contributed by atoms with Crippen LogP contribution in [0.2, 0.25) is 0 Å². The summed E-state index contributed by atoms with van der Waals surface area (Å²) in [5.41, 5.74) is 2.05. The van der Waals surface area contributed by atoms with Gasteiger partial charge in [-0.3, -0.25) is 4.79 Å². The van der Waals surface area contributed by atoms with E-state index >= 15 is 0 Å². The number of nitrogens with zero attached hydrogens (tertiary/aromatic N) is 1. The molecule has 2 rings (SSSR count). The van der Waals surface area contributed by atoms with Gasteiger partial charge in [0.25, 0.3) is 0 Å². The fourth-order valence-electron chi connectivity index (χ4n) is 2.33. The molecule has 0 unspecified atom stereocenters. The number of rotatable bonds is 4. The summed E-state index contributed by atoms with van der Waals surface area (Å²) in [6.45, 7) is 6.51. The predicted molar refractivity (Wildman–Crippen MR) is 83.4 cm³/mol. The molecular weight excluding hydrogens is 266 g/mol. The summed E-state index contributed by atoms with van der Waals surface area (Å²) in [7, 11) is 0. The molecule has 1 heterocycles. The third-order valence-corrected chi connectivity index (χ3v) is 3.80. The van der Waals surface area contributed by atoms with Crippen molar-refractivity contribution in [3.63, 3.8) is 0 Å². The highest BCUT2D eigenvalue weighted by atomic mass is 16.2. The van der Waals surface area contributed by atoms with E-state index in [1.807, 2.05) is 45.0 Å². The minimum atomic E-state index is -0.201. The van der Waals surface area contributed by atoms with E-state index < -0.39 is 0 Å². The Bertz CT molecular complexity index is 513. The molecule has 21 heavy (non-hydrogen) atoms. The van der Waals surface area contributed by atoms with Crippen molar-refractivity contribution in [2.24, 2.45) is 0 Å². The van der Waals surface area contributed by atoms with Crippen molar-refractivity contribution in [3.05, 3.63) is 29.8 Å². The quantitative estimate of drug-likeness (QED) is 0.892. The van der Waals surface area contributed by atoms with Crippen LogP contribution in [0.1, 0.15) is 32.3 Å². The van der Waals surface area contributed by atoms with Crippen LogP contribution in [-0.2, 0) is 4.79 Å². The van der Waals surface area contributed by atoms with E-state index in [4.69, 9.17) is 0 Å². The zero-order valence-electron chi connectivity index (χ0n) is 12.8. The molecular formula is C16H23N3O2. The number of nitrogens with one attached hydrogen (secondary N) is 2. The van der Waals surface area contributed by atoms with Crippen LogP contribution < -0.4 is 15.5 Å². The van der Waals surface area contributed by atoms with Gasteiger partial charge in [-0.15, -0.1) is 0 Å². The van der Waals surface area contributed by atoms with Crippen LogP contribution in [0.25, 0.3) is 0 Å². The molecule has 114 valence electrons. The van der Waals surface area contributed by atoms with Crippen molar-refractivity contribution < 1.29 is 9.59 Å². The van der Waals surface area contributed by atoms with Crippen molar-refractivity contribution in [2.45, 2.75) is 45.7 Å². The molecule has 1 saturated heterocycles. The van der Waals surface area contributed by atoms with Crippen LogP contribution in [0.5, 0.6) is 0 Å². The number of carbonyl (C=O) groups is 2. The smallest absolute Gasteiger partial charge is 0.315 e. The Morgan fingerprint density at radius 1 is 1.38 bits per heavy atom. The van der Waals surface area contributed by atoms with Crippen LogP contribution in [0.3, 0.4) is 0 Å². The number of hydrogen-bond acceptors (Lipinski definition) is 2. The van der Waals surface area contributed by atoms with E-state index in [0.29, 0.717) is 13.0 Å². The molecule has 2 atom stereocenters. The molecule has 3 amide bonds. The lowest BCUT2D eigenvalue weighted by atomic mass is 10.2. The second kappa shape index (κ2) is 6.61. The summed E-state index contributed by atoms with van der Waals surface area (Å²) >= 11 is 0. The Labute approximate surface area is 125 Å². The molecule has 0 radical (unpaired) electrons. The maximum Gasteiger partial charge on any atom is 0.315 e. The third-order valence-electron chi connectivity index (χ3n) is 3.80. The zero-order chi connectivity index (χ0) is 15.4. The van der Waals surface area contributed by atoms with Crippen LogP contribution in [0, 0.1) is 6.92 Å². The van der Waals surface area contributed by atoms with E-state index in [1.165, 1.54) is 0 Å². The zero-order valence-corrected chi connectivity index (χ0v) is 12.8. The van der Waals surface area contributed by atoms with Crippen LogP contribution in [0.15, 0.2) is 24.3 Å². The molecule has 5 nitrogen and oxygen atoms in total. The lowest BCUT2D eigenvalue weighted by Gasteiger charge is -2.18. The minimum Gasteiger partial charge on any atom is -0.336 e. The average molecular weight is 289 g/mol. The van der Waals surface area contributed by atoms with E-state index in [1.54, 1.807) is 4.90 Å². The van der Waals surface area contributed by atoms with Gasteiger partial charge in [-0.1, -0.05) is 24.6 Å². The van der Waals surface area contributed by atoms with Crippen LogP contribution >= 0.6 is 0 Å². The molecule has 5 heteroatoms. The summed E-state index contributed by atoms with van der Waals surface area (Å²) in [5, 5.41) is 5.73. The molecule has 1 aromatic carbocycles. The summed E-state index contributed by atoms with van der Waals surface area (Å²) in [6, 6.07) is 7.65. The Morgan fingerprint density at radius 3 is 2.67 bits per heavy atom. The highest BCUT2D eigenvalue weighted by Gasteiger charge is 2.31. The van der Waals surface area contributed by atoms with E-state index in [-0.39, 0.29) is 24.0 Å². The summed E-state index contributed by atoms with van der Waals surface area (Å²) in [4.78, 5) is 25.6. The van der Waals surface area contributed by atoms with E-state index in [0.717, 1.165) is 17.7 Å². The molecule has 2 N–H and O–H groups in total. The number of hydrogen-bond donors (Lipinski definition) is 2. The first kappa shape index (κ1) is 15.4. The maximum absolute atomic E-state index is 12.1. The van der Waals surface area contributed by atoms with Gasteiger partial charge in [0.15, 0.2) is 0 Å². The topological polar surface area (TPSA) is 61.4 Å². The fraction of sp³-hybridized carbons (Fsp3) is 0.500. The number of aryl methyl sites for hydroxylation is 1. The van der Waals surface area contributed by atoms with Crippen molar-refractivity contribution in [2.75, 3.05) is 11.4 Å². The average Bonchev–Trinajstić information content (AvgIpc) is 2.80. The standard InChI is InChI=1S/C16H23N3O2/c1-4-12(3)17-16(21)18-13-9-15(20)19(10-13)14-7-5-11(2)6-8-14/h5-8,12-13H,4,9-10H2,1-3H3,(H2,17,18,21)/t12-,13+/m0/s1. The summed E-state index contributed by atoms with van der Waals surface area (Å²) in [6.07, 6.45) is 1.23. The summed E-state index contributed by atoms with van der Waals surface area (Å²) < 4.78 is 0. The molecule has 0 aromatic heterocycles. The number of urea groups is 1. The second-order valence-electron chi connectivity index (χ2n) is 5.67. The highest BCUT2D eigenvalue weighted by Crippen LogP contribution is 2.21. The van der Waals surface area contributed by atoms with Gasteiger partial charge < -0.3 is 15.5 Å². The van der Waals surface area contributed by atoms with Gasteiger partial charge in [-0.2, -0.15) is 0 Å². The first-order chi connectivity index (χ1) is 9.99. The highest BCUT2D eigenvalue weighted by molar-refractivity contribution is 5.96. The fourth-order valence-corrected chi connectivity index (χ4v) is 2.33. The van der Waals surface area contributed by atoms with Gasteiger partial charge in [0.2, 0.25) is 5.91 Å². The lowest BCUT2D eigenvalue weighted by Crippen LogP contribution is -2.46. The molecule has 1 aromatic rings. The molecule has 0 spiro atoms. The number of carbonyl (C=O) groups excluding carboxylic acids is 2. The molecule has 0 bridgehead atoms. The monoisotopic (exact) mass is 289 g/mol. The number of amides is 3. The van der Waals surface area contributed by atoms with Crippen molar-refractivity contribution in [3.8, 4) is 0 Å². The maximum atomic E-state index is 12.1. The van der Waals surface area contributed by atoms with Crippen LogP contribution in [-0.4, -0.2) is 30.6 Å². The normalized spacial score (nSPS) is 19.5. The Kier molecular flexibility index (Phi) is 4.83. The first-order valence-electron chi connectivity index (χ1n) is 7.43. The molecule has 0 saturated carbocycles. The molecule has 1 aliphatic rings. The second-order valence-corrected chi connectivity index (χ2v) is 5.67. The van der Waals surface area contributed by atoms with Gasteiger partial charge in [0.05, 0.1) is 6.04 Å². The van der Waals surface area contributed by atoms with Crippen LogP contribution in [0.4, 0.5) is 10.5 Å². The van der Waals surface area contributed by atoms with Gasteiger partial charge >= 0.3 is 6.03 Å². The van der Waals surface area contributed by atoms with Gasteiger partial charge in [0.1, 0.15) is 0 Å². The molecule has 1 fully saturated rings. The van der Waals surface area contributed by atoms with E-state index in [2.05, 4.69) is 10.6 Å². The van der Waals surface area contributed by atoms with Gasteiger partial charge in [0, 0.05) is 24.7 Å². The SMILES string of the molecule is CC[C@H](C)NC(=O)N[C@@H]1CC(=O)N(c2ccc(C)cc2)C1. The Morgan fingerprint density at radius 2 is 2.05 bits per heavy atom. The van der Waals surface area contributed by atoms with Crippen molar-refractivity contribution >= 4 is 17.6 Å². The van der Waals surface area contributed by atoms with Crippen molar-refractivity contribution in [1.29, 1.82) is 0 Å². The first-order valence-corrected chi connectivity index (χ1v) is 7.43. The number of anilines is 1. The van der Waals surface area contributed by atoms with Crippen molar-refractivity contribution in [1.82, 2.24) is 10.6 Å². The number of benzene rings is 1. The lowest BCUT2D eigenvalue weighted by molar-refractivity contribution is -0.117. The van der Waals surface area contributed by atoms with Gasteiger partial charge in [-0.25, -0.2) is 4.79 Å². The largest absolute Gasteiger partial charge is 0.336 e. The molecule has 0 aliphatic carbocycles. The van der Waals surface area contributed by atoms with E-state index in [9.17, 15) is 9.59 Å². The minimum absolute atomic E-state index is 0.0488.